The Morgan fingerprint density at radius 1 is 0.250 bits per heavy atom. The second-order valence-electron chi connectivity index (χ2n) is 14.6. The molecule has 0 aromatic heterocycles. The fourth-order valence-corrected chi connectivity index (χ4v) is 7.64. The van der Waals surface area contributed by atoms with Crippen molar-refractivity contribution in [3.63, 3.8) is 0 Å². The first kappa shape index (κ1) is 36.1. The molecule has 0 N–H and O–H groups in total. The molecule has 0 fully saturated rings. The normalized spacial score (nSPS) is 10.9. The third-order valence-electron chi connectivity index (χ3n) is 10.2. The third kappa shape index (κ3) is 7.83. The van der Waals surface area contributed by atoms with Gasteiger partial charge in [0, 0.05) is 34.1 Å². The molecule has 0 atom stereocenters. The summed E-state index contributed by atoms with van der Waals surface area (Å²) in [6.07, 6.45) is 0. The fourth-order valence-electron chi connectivity index (χ4n) is 7.64. The van der Waals surface area contributed by atoms with Gasteiger partial charge in [0.25, 0.3) is 0 Å². The van der Waals surface area contributed by atoms with E-state index in [2.05, 4.69) is 244 Å². The van der Waals surface area contributed by atoms with E-state index < -0.39 is 0 Å². The van der Waals surface area contributed by atoms with Crippen LogP contribution in [-0.4, -0.2) is 0 Å². The van der Waals surface area contributed by atoms with Crippen molar-refractivity contribution in [1.29, 1.82) is 0 Å². The van der Waals surface area contributed by atoms with Crippen LogP contribution in [0.4, 0.5) is 34.1 Å². The van der Waals surface area contributed by atoms with Crippen molar-refractivity contribution in [1.82, 2.24) is 0 Å². The molecule has 0 spiro atoms. The molecule has 8 aromatic carbocycles. The Labute approximate surface area is 332 Å². The van der Waals surface area contributed by atoms with E-state index in [1.54, 1.807) is 0 Å². The minimum absolute atomic E-state index is 1.10. The molecule has 8 aromatic rings. The Hall–Kier alpha value is -6.90. The molecule has 2 heteroatoms. The Morgan fingerprint density at radius 2 is 0.518 bits per heavy atom. The minimum Gasteiger partial charge on any atom is -0.310 e. The van der Waals surface area contributed by atoms with Crippen LogP contribution in [0.1, 0.15) is 44.5 Å². The molecule has 0 aliphatic carbocycles. The van der Waals surface area contributed by atoms with Gasteiger partial charge < -0.3 is 9.80 Å². The lowest BCUT2D eigenvalue weighted by Crippen LogP contribution is -2.10. The van der Waals surface area contributed by atoms with Crippen molar-refractivity contribution in [2.75, 3.05) is 9.80 Å². The smallest absolute Gasteiger partial charge is 0.0464 e. The van der Waals surface area contributed by atoms with Crippen LogP contribution in [0.5, 0.6) is 0 Å². The maximum Gasteiger partial charge on any atom is 0.0464 e. The average molecular weight is 723 g/mol. The van der Waals surface area contributed by atoms with Gasteiger partial charge in [0.05, 0.1) is 0 Å². The fraction of sp³-hybridized carbons (Fsp3) is 0.0741. The monoisotopic (exact) mass is 722 g/mol. The molecule has 8 rings (SSSR count). The number of hydrogen-bond donors (Lipinski definition) is 0. The summed E-state index contributed by atoms with van der Waals surface area (Å²) in [6, 6.07) is 74.7. The summed E-state index contributed by atoms with van der Waals surface area (Å²) in [6.45, 7) is 8.61. The molecule has 272 valence electrons. The summed E-state index contributed by atoms with van der Waals surface area (Å²) in [7, 11) is 0. The van der Waals surface area contributed by atoms with Gasteiger partial charge in [-0.15, -0.1) is 0 Å². The number of rotatable bonds is 10. The first-order valence-electron chi connectivity index (χ1n) is 19.3. The predicted molar refractivity (Wildman–Crippen MR) is 239 cm³/mol. The van der Waals surface area contributed by atoms with Crippen LogP contribution in [-0.2, 0) is 0 Å². The first-order chi connectivity index (χ1) is 27.4. The Kier molecular flexibility index (Phi) is 10.5. The van der Waals surface area contributed by atoms with Crippen LogP contribution in [0.3, 0.4) is 0 Å². The van der Waals surface area contributed by atoms with Crippen LogP contribution in [0.15, 0.2) is 206 Å². The Bertz CT molecular complexity index is 2330. The van der Waals surface area contributed by atoms with Crippen LogP contribution < -0.4 is 9.80 Å². The SMILES string of the molecule is Cc1cccc(N(c2ccc(C(=C(c3ccccc3)c3ccccc3)c3ccc(N(c4cccc(C)c4)c4cccc(C)c4)cc3)cc2)c2cccc(C)c2)c1. The van der Waals surface area contributed by atoms with Gasteiger partial charge in [0.1, 0.15) is 0 Å². The van der Waals surface area contributed by atoms with Crippen LogP contribution in [0.2, 0.25) is 0 Å². The van der Waals surface area contributed by atoms with E-state index in [1.807, 2.05) is 0 Å². The molecule has 0 aliphatic heterocycles. The van der Waals surface area contributed by atoms with Gasteiger partial charge in [-0.2, -0.15) is 0 Å². The maximum atomic E-state index is 2.35. The molecule has 56 heavy (non-hydrogen) atoms. The largest absolute Gasteiger partial charge is 0.310 e. The second kappa shape index (κ2) is 16.2. The number of anilines is 6. The van der Waals surface area contributed by atoms with Crippen molar-refractivity contribution in [3.8, 4) is 0 Å². The summed E-state index contributed by atoms with van der Waals surface area (Å²) < 4.78 is 0. The van der Waals surface area contributed by atoms with Gasteiger partial charge in [-0.3, -0.25) is 0 Å². The van der Waals surface area contributed by atoms with Crippen LogP contribution >= 0.6 is 0 Å². The van der Waals surface area contributed by atoms with E-state index in [1.165, 1.54) is 44.5 Å². The van der Waals surface area contributed by atoms with Gasteiger partial charge in [-0.25, -0.2) is 0 Å². The lowest BCUT2D eigenvalue weighted by molar-refractivity contribution is 1.26. The van der Waals surface area contributed by atoms with E-state index in [4.69, 9.17) is 0 Å². The van der Waals surface area contributed by atoms with E-state index in [0.29, 0.717) is 0 Å². The standard InChI is InChI=1S/C54H46N2/c1-39-15-11-23-49(35-39)55(50-24-12-16-40(2)36-50)47-31-27-45(28-32-47)54(53(43-19-7-5-8-20-43)44-21-9-6-10-22-44)46-29-33-48(34-30-46)56(51-25-13-17-41(3)37-51)52-26-14-18-42(4)38-52/h5-38H,1-4H3. The molecule has 0 amide bonds. The summed E-state index contributed by atoms with van der Waals surface area (Å²) >= 11 is 0. The quantitative estimate of drug-likeness (QED) is 0.130. The van der Waals surface area contributed by atoms with Crippen molar-refractivity contribution >= 4 is 45.3 Å². The van der Waals surface area contributed by atoms with Crippen molar-refractivity contribution in [2.24, 2.45) is 0 Å². The maximum absolute atomic E-state index is 2.35. The summed E-state index contributed by atoms with van der Waals surface area (Å²) in [5.74, 6) is 0. The summed E-state index contributed by atoms with van der Waals surface area (Å²) in [5, 5.41) is 0. The Morgan fingerprint density at radius 3 is 0.786 bits per heavy atom. The molecular formula is C54H46N2. The topological polar surface area (TPSA) is 6.48 Å². The lowest BCUT2D eigenvalue weighted by atomic mass is 9.85. The first-order valence-corrected chi connectivity index (χ1v) is 19.3. The highest BCUT2D eigenvalue weighted by molar-refractivity contribution is 6.05. The second-order valence-corrected chi connectivity index (χ2v) is 14.6. The molecular weight excluding hydrogens is 677 g/mol. The highest BCUT2D eigenvalue weighted by Gasteiger charge is 2.20. The lowest BCUT2D eigenvalue weighted by Gasteiger charge is -2.27. The molecule has 0 aliphatic rings. The van der Waals surface area contributed by atoms with Gasteiger partial charge >= 0.3 is 0 Å². The van der Waals surface area contributed by atoms with Crippen LogP contribution in [0, 0.1) is 27.7 Å². The minimum atomic E-state index is 1.10. The highest BCUT2D eigenvalue weighted by Crippen LogP contribution is 2.42. The molecule has 0 saturated carbocycles. The van der Waals surface area contributed by atoms with E-state index >= 15 is 0 Å². The zero-order chi connectivity index (χ0) is 38.4. The zero-order valence-corrected chi connectivity index (χ0v) is 32.5. The molecule has 0 bridgehead atoms. The highest BCUT2D eigenvalue weighted by atomic mass is 15.1. The van der Waals surface area contributed by atoms with Gasteiger partial charge in [0.15, 0.2) is 0 Å². The predicted octanol–water partition coefficient (Wildman–Crippen LogP) is 14.9. The summed E-state index contributed by atoms with van der Waals surface area (Å²) in [5.41, 5.74) is 18.7. The van der Waals surface area contributed by atoms with Gasteiger partial charge in [0.2, 0.25) is 0 Å². The van der Waals surface area contributed by atoms with E-state index in [0.717, 1.165) is 45.3 Å². The molecule has 0 saturated heterocycles. The van der Waals surface area contributed by atoms with E-state index in [-0.39, 0.29) is 0 Å². The third-order valence-corrected chi connectivity index (χ3v) is 10.2. The molecule has 0 heterocycles. The van der Waals surface area contributed by atoms with Crippen molar-refractivity contribution in [2.45, 2.75) is 27.7 Å². The zero-order valence-electron chi connectivity index (χ0n) is 32.5. The van der Waals surface area contributed by atoms with E-state index in [9.17, 15) is 0 Å². The summed E-state index contributed by atoms with van der Waals surface area (Å²) in [4.78, 5) is 4.70. The molecule has 2 nitrogen and oxygen atoms in total. The molecule has 0 radical (unpaired) electrons. The Balaban J connectivity index is 1.30. The number of benzene rings is 8. The average Bonchev–Trinajstić information content (AvgIpc) is 3.22. The van der Waals surface area contributed by atoms with Crippen LogP contribution in [0.25, 0.3) is 11.1 Å². The van der Waals surface area contributed by atoms with Crippen molar-refractivity contribution < 1.29 is 0 Å². The number of hydrogen-bond acceptors (Lipinski definition) is 2. The van der Waals surface area contributed by atoms with Gasteiger partial charge in [-0.05, 0) is 156 Å². The number of aryl methyl sites for hydroxylation is 4. The molecule has 0 unspecified atom stereocenters. The van der Waals surface area contributed by atoms with Gasteiger partial charge in [-0.1, -0.05) is 133 Å². The number of nitrogens with zero attached hydrogens (tertiary/aromatic N) is 2. The van der Waals surface area contributed by atoms with Crippen molar-refractivity contribution in [3.05, 3.63) is 251 Å².